The van der Waals surface area contributed by atoms with Crippen LogP contribution < -0.4 is 10.5 Å². The first-order chi connectivity index (χ1) is 8.61. The van der Waals surface area contributed by atoms with E-state index in [1.165, 1.54) is 11.3 Å². The molecule has 0 saturated heterocycles. The van der Waals surface area contributed by atoms with Crippen molar-refractivity contribution in [1.29, 1.82) is 0 Å². The number of hydrogen-bond acceptors (Lipinski definition) is 3. The predicted octanol–water partition coefficient (Wildman–Crippen LogP) is 4.04. The average Bonchev–Trinajstić information content (AvgIpc) is 2.78. The fourth-order valence-electron chi connectivity index (χ4n) is 1.59. The van der Waals surface area contributed by atoms with Crippen molar-refractivity contribution in [3.8, 4) is 5.75 Å². The SMILES string of the molecule is Cc1cccc(OC(CN)c2ccc(Br)s2)c1F. The molecule has 0 radical (unpaired) electrons. The fourth-order valence-corrected chi connectivity index (χ4v) is 3.05. The normalized spacial score (nSPS) is 12.4. The summed E-state index contributed by atoms with van der Waals surface area (Å²) in [6.45, 7) is 2.02. The molecular formula is C13H13BrFNOS. The lowest BCUT2D eigenvalue weighted by Gasteiger charge is -2.17. The van der Waals surface area contributed by atoms with E-state index >= 15 is 0 Å². The van der Waals surface area contributed by atoms with E-state index < -0.39 is 0 Å². The number of thiophene rings is 1. The Hall–Kier alpha value is -0.910. The Morgan fingerprint density at radius 2 is 2.17 bits per heavy atom. The number of benzene rings is 1. The van der Waals surface area contributed by atoms with E-state index in [0.717, 1.165) is 8.66 Å². The number of hydrogen-bond donors (Lipinski definition) is 1. The maximum Gasteiger partial charge on any atom is 0.167 e. The molecule has 2 N–H and O–H groups in total. The largest absolute Gasteiger partial charge is 0.480 e. The molecule has 5 heteroatoms. The van der Waals surface area contributed by atoms with E-state index in [0.29, 0.717) is 12.1 Å². The first kappa shape index (κ1) is 13.5. The summed E-state index contributed by atoms with van der Waals surface area (Å²) in [7, 11) is 0. The van der Waals surface area contributed by atoms with Crippen LogP contribution in [0, 0.1) is 12.7 Å². The van der Waals surface area contributed by atoms with Gasteiger partial charge < -0.3 is 10.5 Å². The molecule has 1 aromatic heterocycles. The lowest BCUT2D eigenvalue weighted by atomic mass is 10.2. The Labute approximate surface area is 118 Å². The number of rotatable bonds is 4. The molecule has 0 spiro atoms. The summed E-state index contributed by atoms with van der Waals surface area (Å²) < 4.78 is 20.5. The van der Waals surface area contributed by atoms with E-state index in [2.05, 4.69) is 15.9 Å². The van der Waals surface area contributed by atoms with Gasteiger partial charge in [-0.05, 0) is 46.6 Å². The van der Waals surface area contributed by atoms with Gasteiger partial charge >= 0.3 is 0 Å². The zero-order valence-corrected chi connectivity index (χ0v) is 12.2. The summed E-state index contributed by atoms with van der Waals surface area (Å²) in [5, 5.41) is 0. The third-order valence-corrected chi connectivity index (χ3v) is 4.27. The van der Waals surface area contributed by atoms with Gasteiger partial charge in [0.25, 0.3) is 0 Å². The van der Waals surface area contributed by atoms with Crippen molar-refractivity contribution in [2.75, 3.05) is 6.54 Å². The summed E-state index contributed by atoms with van der Waals surface area (Å²) in [5.41, 5.74) is 6.26. The number of nitrogens with two attached hydrogens (primary N) is 1. The Bertz CT molecular complexity index is 544. The highest BCUT2D eigenvalue weighted by Crippen LogP contribution is 2.31. The summed E-state index contributed by atoms with van der Waals surface area (Å²) in [6, 6.07) is 8.96. The van der Waals surface area contributed by atoms with Crippen LogP contribution in [-0.2, 0) is 0 Å². The van der Waals surface area contributed by atoms with Gasteiger partial charge in [0.1, 0.15) is 6.10 Å². The molecule has 2 nitrogen and oxygen atoms in total. The molecule has 0 aliphatic carbocycles. The van der Waals surface area contributed by atoms with Crippen molar-refractivity contribution >= 4 is 27.3 Å². The number of halogens is 2. The maximum absolute atomic E-state index is 13.8. The molecule has 18 heavy (non-hydrogen) atoms. The highest BCUT2D eigenvalue weighted by atomic mass is 79.9. The Balaban J connectivity index is 2.23. The summed E-state index contributed by atoms with van der Waals surface area (Å²) in [4.78, 5) is 0.977. The highest BCUT2D eigenvalue weighted by molar-refractivity contribution is 9.11. The molecule has 2 aromatic rings. The summed E-state index contributed by atoms with van der Waals surface area (Å²) >= 11 is 4.93. The standard InChI is InChI=1S/C13H13BrFNOS/c1-8-3-2-4-9(13(8)15)17-10(7-16)11-5-6-12(14)18-11/h2-6,10H,7,16H2,1H3. The second kappa shape index (κ2) is 5.82. The van der Waals surface area contributed by atoms with Crippen molar-refractivity contribution < 1.29 is 9.13 Å². The van der Waals surface area contributed by atoms with Gasteiger partial charge in [-0.2, -0.15) is 0 Å². The third-order valence-electron chi connectivity index (χ3n) is 2.55. The van der Waals surface area contributed by atoms with Crippen LogP contribution in [0.4, 0.5) is 4.39 Å². The van der Waals surface area contributed by atoms with Crippen LogP contribution in [0.25, 0.3) is 0 Å². The lowest BCUT2D eigenvalue weighted by Crippen LogP contribution is -2.18. The fraction of sp³-hybridized carbons (Fsp3) is 0.231. The number of ether oxygens (including phenoxy) is 1. The van der Waals surface area contributed by atoms with Gasteiger partial charge in [-0.1, -0.05) is 12.1 Å². The van der Waals surface area contributed by atoms with E-state index in [9.17, 15) is 4.39 Å². The first-order valence-corrected chi connectivity index (χ1v) is 7.10. The van der Waals surface area contributed by atoms with Crippen molar-refractivity contribution in [1.82, 2.24) is 0 Å². The second-order valence-electron chi connectivity index (χ2n) is 3.87. The van der Waals surface area contributed by atoms with Gasteiger partial charge in [0.05, 0.1) is 3.79 Å². The number of aryl methyl sites for hydroxylation is 1. The molecule has 0 aliphatic heterocycles. The Kier molecular flexibility index (Phi) is 4.37. The van der Waals surface area contributed by atoms with Gasteiger partial charge in [-0.3, -0.25) is 0 Å². The maximum atomic E-state index is 13.8. The van der Waals surface area contributed by atoms with Gasteiger partial charge in [0, 0.05) is 11.4 Å². The molecule has 2 rings (SSSR count). The van der Waals surface area contributed by atoms with E-state index in [4.69, 9.17) is 10.5 Å². The van der Waals surface area contributed by atoms with Crippen LogP contribution in [-0.4, -0.2) is 6.54 Å². The molecule has 1 aromatic carbocycles. The van der Waals surface area contributed by atoms with Crippen molar-refractivity contribution in [2.24, 2.45) is 5.73 Å². The van der Waals surface area contributed by atoms with Crippen molar-refractivity contribution in [3.05, 3.63) is 50.4 Å². The highest BCUT2D eigenvalue weighted by Gasteiger charge is 2.16. The van der Waals surface area contributed by atoms with E-state index in [1.54, 1.807) is 25.1 Å². The minimum Gasteiger partial charge on any atom is -0.480 e. The van der Waals surface area contributed by atoms with Crippen LogP contribution in [0.3, 0.4) is 0 Å². The Morgan fingerprint density at radius 3 is 2.78 bits per heavy atom. The summed E-state index contributed by atoms with van der Waals surface area (Å²) in [6.07, 6.45) is -0.322. The molecule has 0 bridgehead atoms. The van der Waals surface area contributed by atoms with Crippen LogP contribution in [0.5, 0.6) is 5.75 Å². The Morgan fingerprint density at radius 1 is 1.39 bits per heavy atom. The predicted molar refractivity (Wildman–Crippen MR) is 75.6 cm³/mol. The second-order valence-corrected chi connectivity index (χ2v) is 6.37. The molecule has 1 unspecified atom stereocenters. The zero-order chi connectivity index (χ0) is 13.1. The first-order valence-electron chi connectivity index (χ1n) is 5.49. The van der Waals surface area contributed by atoms with Crippen LogP contribution in [0.1, 0.15) is 16.5 Å². The minimum absolute atomic E-state index is 0.245. The monoisotopic (exact) mass is 329 g/mol. The molecule has 0 saturated carbocycles. The van der Waals surface area contributed by atoms with E-state index in [-0.39, 0.29) is 17.7 Å². The average molecular weight is 330 g/mol. The van der Waals surface area contributed by atoms with E-state index in [1.807, 2.05) is 12.1 Å². The van der Waals surface area contributed by atoms with Crippen LogP contribution >= 0.6 is 27.3 Å². The van der Waals surface area contributed by atoms with Crippen molar-refractivity contribution in [3.63, 3.8) is 0 Å². The zero-order valence-electron chi connectivity index (χ0n) is 9.82. The molecule has 0 amide bonds. The molecule has 1 atom stereocenters. The van der Waals surface area contributed by atoms with Crippen LogP contribution in [0.2, 0.25) is 0 Å². The lowest BCUT2D eigenvalue weighted by molar-refractivity contribution is 0.208. The molecule has 0 fully saturated rings. The topological polar surface area (TPSA) is 35.2 Å². The smallest absolute Gasteiger partial charge is 0.167 e. The van der Waals surface area contributed by atoms with Gasteiger partial charge in [-0.15, -0.1) is 11.3 Å². The van der Waals surface area contributed by atoms with Gasteiger partial charge in [-0.25, -0.2) is 4.39 Å². The van der Waals surface area contributed by atoms with Crippen LogP contribution in [0.15, 0.2) is 34.1 Å². The molecule has 1 heterocycles. The van der Waals surface area contributed by atoms with Gasteiger partial charge in [0.15, 0.2) is 11.6 Å². The van der Waals surface area contributed by atoms with Crippen molar-refractivity contribution in [2.45, 2.75) is 13.0 Å². The minimum atomic E-state index is -0.327. The van der Waals surface area contributed by atoms with Gasteiger partial charge in [0.2, 0.25) is 0 Å². The molecular weight excluding hydrogens is 317 g/mol. The third kappa shape index (κ3) is 2.91. The summed E-state index contributed by atoms with van der Waals surface area (Å²) in [5.74, 6) is -0.0819. The molecule has 0 aliphatic rings. The molecule has 96 valence electrons. The quantitative estimate of drug-likeness (QED) is 0.918.